The first-order valence-electron chi connectivity index (χ1n) is 10.1. The van der Waals surface area contributed by atoms with E-state index in [0.29, 0.717) is 11.5 Å². The van der Waals surface area contributed by atoms with E-state index in [4.69, 9.17) is 9.47 Å². The van der Waals surface area contributed by atoms with Gasteiger partial charge in [0, 0.05) is 23.1 Å². The maximum Gasteiger partial charge on any atom is 0.228 e. The number of H-pyrrole nitrogens is 1. The molecule has 2 aromatic heterocycles. The molecule has 0 spiro atoms. The van der Waals surface area contributed by atoms with Crippen molar-refractivity contribution in [2.75, 3.05) is 40.2 Å². The van der Waals surface area contributed by atoms with Gasteiger partial charge in [-0.25, -0.2) is 4.98 Å². The van der Waals surface area contributed by atoms with Crippen LogP contribution in [0.4, 0.5) is 5.82 Å². The molecule has 1 aromatic carbocycles. The third-order valence-electron chi connectivity index (χ3n) is 5.07. The van der Waals surface area contributed by atoms with Gasteiger partial charge >= 0.3 is 0 Å². The Hall–Kier alpha value is -3.06. The molecule has 0 aliphatic heterocycles. The number of anilines is 1. The lowest BCUT2D eigenvalue weighted by molar-refractivity contribution is -0.117. The fourth-order valence-electron chi connectivity index (χ4n) is 2.97. The van der Waals surface area contributed by atoms with Crippen LogP contribution in [-0.2, 0) is 4.79 Å². The van der Waals surface area contributed by atoms with Gasteiger partial charge in [0.2, 0.25) is 5.91 Å². The molecule has 2 heterocycles. The summed E-state index contributed by atoms with van der Waals surface area (Å²) in [7, 11) is 7.38. The molecule has 1 aliphatic rings. The predicted octanol–water partition coefficient (Wildman–Crippen LogP) is 4.16. The summed E-state index contributed by atoms with van der Waals surface area (Å²) in [6.45, 7) is 3.26. The normalized spacial score (nSPS) is 13.0. The van der Waals surface area contributed by atoms with E-state index in [2.05, 4.69) is 41.2 Å². The molecule has 7 heteroatoms. The van der Waals surface area contributed by atoms with Crippen molar-refractivity contribution in [3.63, 3.8) is 0 Å². The van der Waals surface area contributed by atoms with Gasteiger partial charge in [0.15, 0.2) is 0 Å². The van der Waals surface area contributed by atoms with E-state index >= 15 is 0 Å². The summed E-state index contributed by atoms with van der Waals surface area (Å²) in [4.78, 5) is 21.7. The summed E-state index contributed by atoms with van der Waals surface area (Å²) < 4.78 is 11.0. The van der Waals surface area contributed by atoms with Crippen LogP contribution in [0.5, 0.6) is 11.5 Å². The molecule has 7 nitrogen and oxygen atoms in total. The van der Waals surface area contributed by atoms with Crippen molar-refractivity contribution in [2.45, 2.75) is 19.8 Å². The van der Waals surface area contributed by atoms with Crippen LogP contribution in [0.1, 0.15) is 19.8 Å². The molecule has 0 saturated heterocycles. The first kappa shape index (κ1) is 21.6. The molecule has 1 saturated carbocycles. The van der Waals surface area contributed by atoms with Crippen molar-refractivity contribution >= 4 is 22.8 Å². The predicted molar refractivity (Wildman–Crippen MR) is 120 cm³/mol. The van der Waals surface area contributed by atoms with E-state index in [0.717, 1.165) is 47.4 Å². The number of nitrogens with zero attached hydrogens (tertiary/aromatic N) is 2. The maximum absolute atomic E-state index is 11.9. The van der Waals surface area contributed by atoms with Crippen molar-refractivity contribution < 1.29 is 14.3 Å². The van der Waals surface area contributed by atoms with Gasteiger partial charge in [-0.3, -0.25) is 4.79 Å². The molecule has 0 atom stereocenters. The van der Waals surface area contributed by atoms with E-state index in [-0.39, 0.29) is 11.8 Å². The summed E-state index contributed by atoms with van der Waals surface area (Å²) in [5.41, 5.74) is 2.52. The van der Waals surface area contributed by atoms with Crippen LogP contribution < -0.4 is 14.8 Å². The maximum atomic E-state index is 11.9. The molecule has 1 aliphatic carbocycles. The van der Waals surface area contributed by atoms with Crippen LogP contribution >= 0.6 is 0 Å². The monoisotopic (exact) mass is 410 g/mol. The average Bonchev–Trinajstić information content (AvgIpc) is 3.54. The second kappa shape index (κ2) is 9.63. The largest absolute Gasteiger partial charge is 0.496 e. The zero-order chi connectivity index (χ0) is 21.7. The lowest BCUT2D eigenvalue weighted by Gasteiger charge is -2.12. The number of carbonyl (C=O) groups is 1. The molecule has 0 unspecified atom stereocenters. The highest BCUT2D eigenvalue weighted by molar-refractivity contribution is 5.99. The topological polar surface area (TPSA) is 79.5 Å². The SMILES string of the molecule is CCN(C)C.COc1cccc(OC)c1-c1c[nH]c2nc(NC(=O)C3CC3)ccc12. The van der Waals surface area contributed by atoms with Crippen molar-refractivity contribution in [1.29, 1.82) is 0 Å². The quantitative estimate of drug-likeness (QED) is 0.638. The number of ether oxygens (including phenoxy) is 2. The van der Waals surface area contributed by atoms with Crippen LogP contribution in [0.15, 0.2) is 36.5 Å². The molecule has 160 valence electrons. The smallest absolute Gasteiger partial charge is 0.228 e. The van der Waals surface area contributed by atoms with Crippen molar-refractivity contribution in [3.8, 4) is 22.6 Å². The van der Waals surface area contributed by atoms with Gasteiger partial charge in [-0.05, 0) is 57.7 Å². The highest BCUT2D eigenvalue weighted by Crippen LogP contribution is 2.41. The molecule has 0 bridgehead atoms. The van der Waals surface area contributed by atoms with Crippen LogP contribution in [0.25, 0.3) is 22.2 Å². The Kier molecular flexibility index (Phi) is 6.95. The van der Waals surface area contributed by atoms with Gasteiger partial charge in [0.25, 0.3) is 0 Å². The standard InChI is InChI=1S/C19H19N3O3.C4H11N/c1-24-14-4-3-5-15(25-2)17(14)13-10-20-18-12(13)8-9-16(21-18)22-19(23)11-6-7-11;1-4-5(2)3/h3-5,8-11H,6-7H2,1-2H3,(H2,20,21,22,23);4H2,1-3H3. The zero-order valence-corrected chi connectivity index (χ0v) is 18.3. The fourth-order valence-corrected chi connectivity index (χ4v) is 2.97. The number of benzene rings is 1. The number of hydrogen-bond donors (Lipinski definition) is 2. The number of amides is 1. The number of aromatic nitrogens is 2. The van der Waals surface area contributed by atoms with Crippen molar-refractivity contribution in [2.24, 2.45) is 5.92 Å². The summed E-state index contributed by atoms with van der Waals surface area (Å²) >= 11 is 0. The van der Waals surface area contributed by atoms with Crippen LogP contribution in [0.2, 0.25) is 0 Å². The third kappa shape index (κ3) is 4.91. The van der Waals surface area contributed by atoms with E-state index in [1.807, 2.05) is 36.5 Å². The molecule has 1 fully saturated rings. The third-order valence-corrected chi connectivity index (χ3v) is 5.07. The highest BCUT2D eigenvalue weighted by atomic mass is 16.5. The minimum absolute atomic E-state index is 0.0463. The Labute approximate surface area is 177 Å². The zero-order valence-electron chi connectivity index (χ0n) is 18.3. The number of pyridine rings is 1. The van der Waals surface area contributed by atoms with Gasteiger partial charge in [-0.2, -0.15) is 0 Å². The van der Waals surface area contributed by atoms with E-state index < -0.39 is 0 Å². The molecule has 0 radical (unpaired) electrons. The number of nitrogens with one attached hydrogen (secondary N) is 2. The number of methoxy groups -OCH3 is 2. The molecule has 4 rings (SSSR count). The fraction of sp³-hybridized carbons (Fsp3) is 0.391. The van der Waals surface area contributed by atoms with E-state index in [1.165, 1.54) is 0 Å². The van der Waals surface area contributed by atoms with Crippen LogP contribution in [0.3, 0.4) is 0 Å². The summed E-state index contributed by atoms with van der Waals surface area (Å²) in [5, 5.41) is 3.81. The summed E-state index contributed by atoms with van der Waals surface area (Å²) in [6.07, 6.45) is 3.81. The Balaban J connectivity index is 0.000000461. The minimum atomic E-state index is 0.0463. The Morgan fingerprint density at radius 2 is 1.80 bits per heavy atom. The average molecular weight is 411 g/mol. The second-order valence-corrected chi connectivity index (χ2v) is 7.49. The van der Waals surface area contributed by atoms with Gasteiger partial charge in [-0.1, -0.05) is 13.0 Å². The molecular weight excluding hydrogens is 380 g/mol. The van der Waals surface area contributed by atoms with Crippen molar-refractivity contribution in [3.05, 3.63) is 36.5 Å². The molecular formula is C23H30N4O3. The first-order valence-corrected chi connectivity index (χ1v) is 10.1. The minimum Gasteiger partial charge on any atom is -0.496 e. The number of hydrogen-bond acceptors (Lipinski definition) is 5. The molecule has 2 N–H and O–H groups in total. The van der Waals surface area contributed by atoms with Crippen molar-refractivity contribution in [1.82, 2.24) is 14.9 Å². The Morgan fingerprint density at radius 1 is 1.17 bits per heavy atom. The molecule has 3 aromatic rings. The number of fused-ring (bicyclic) bond motifs is 1. The van der Waals surface area contributed by atoms with Crippen LogP contribution in [0, 0.1) is 5.92 Å². The lowest BCUT2D eigenvalue weighted by atomic mass is 10.0. The number of carbonyl (C=O) groups excluding carboxylic acids is 1. The van der Waals surface area contributed by atoms with Crippen LogP contribution in [-0.4, -0.2) is 55.6 Å². The van der Waals surface area contributed by atoms with E-state index in [1.54, 1.807) is 14.2 Å². The molecule has 30 heavy (non-hydrogen) atoms. The second-order valence-electron chi connectivity index (χ2n) is 7.49. The number of rotatable bonds is 6. The lowest BCUT2D eigenvalue weighted by Crippen LogP contribution is -2.14. The van der Waals surface area contributed by atoms with Gasteiger partial charge in [0.1, 0.15) is 23.0 Å². The van der Waals surface area contributed by atoms with Gasteiger partial charge in [-0.15, -0.1) is 0 Å². The van der Waals surface area contributed by atoms with Gasteiger partial charge in [0.05, 0.1) is 19.8 Å². The summed E-state index contributed by atoms with van der Waals surface area (Å²) in [5.74, 6) is 2.21. The Morgan fingerprint density at radius 3 is 2.33 bits per heavy atom. The molecule has 1 amide bonds. The van der Waals surface area contributed by atoms with E-state index in [9.17, 15) is 4.79 Å². The number of aromatic amines is 1. The first-order chi connectivity index (χ1) is 14.5. The highest BCUT2D eigenvalue weighted by Gasteiger charge is 2.29. The Bertz CT molecular complexity index is 987. The summed E-state index contributed by atoms with van der Waals surface area (Å²) in [6, 6.07) is 9.45. The van der Waals surface area contributed by atoms with Gasteiger partial charge < -0.3 is 24.7 Å².